The lowest BCUT2D eigenvalue weighted by atomic mass is 10.1. The maximum absolute atomic E-state index is 13.4. The van der Waals surface area contributed by atoms with Crippen molar-refractivity contribution in [2.45, 2.75) is 44.6 Å². The van der Waals surface area contributed by atoms with Crippen LogP contribution in [0.4, 0.5) is 18.9 Å². The van der Waals surface area contributed by atoms with Gasteiger partial charge in [0.1, 0.15) is 6.54 Å². The second-order valence-corrected chi connectivity index (χ2v) is 8.31. The predicted molar refractivity (Wildman–Crippen MR) is 111 cm³/mol. The first kappa shape index (κ1) is 20.8. The fourth-order valence-electron chi connectivity index (χ4n) is 4.03. The van der Waals surface area contributed by atoms with E-state index in [1.54, 1.807) is 18.2 Å². The summed E-state index contributed by atoms with van der Waals surface area (Å²) in [5.41, 5.74) is 1.40. The van der Waals surface area contributed by atoms with Crippen LogP contribution in [-0.2, 0) is 17.9 Å². The molecular formula is C21H23F3N6O2. The number of fused-ring (bicyclic) bond motifs is 1. The van der Waals surface area contributed by atoms with E-state index < -0.39 is 12.7 Å². The summed E-state index contributed by atoms with van der Waals surface area (Å²) in [6.07, 6.45) is -1.75. The molecular weight excluding hydrogens is 425 g/mol. The van der Waals surface area contributed by atoms with E-state index in [0.29, 0.717) is 10.9 Å². The van der Waals surface area contributed by atoms with Gasteiger partial charge in [0.2, 0.25) is 17.6 Å². The molecule has 1 amide bonds. The van der Waals surface area contributed by atoms with Crippen LogP contribution >= 0.6 is 0 Å². The van der Waals surface area contributed by atoms with Crippen molar-refractivity contribution < 1.29 is 22.5 Å². The molecule has 32 heavy (non-hydrogen) atoms. The number of alkyl halides is 3. The molecule has 1 aromatic carbocycles. The number of amides is 1. The molecule has 1 atom stereocenters. The zero-order valence-electron chi connectivity index (χ0n) is 17.2. The van der Waals surface area contributed by atoms with E-state index in [1.165, 1.54) is 0 Å². The van der Waals surface area contributed by atoms with Crippen LogP contribution in [0.15, 0.2) is 28.8 Å². The number of hydrogen-bond acceptors (Lipinski definition) is 6. The van der Waals surface area contributed by atoms with Gasteiger partial charge in [-0.1, -0.05) is 11.2 Å². The predicted octanol–water partition coefficient (Wildman–Crippen LogP) is 3.05. The van der Waals surface area contributed by atoms with Gasteiger partial charge < -0.3 is 25.0 Å². The van der Waals surface area contributed by atoms with E-state index in [0.717, 1.165) is 42.6 Å². The number of nitrogens with one attached hydrogen (secondary N) is 3. The maximum Gasteiger partial charge on any atom is 0.406 e. The van der Waals surface area contributed by atoms with Gasteiger partial charge in [0.15, 0.2) is 0 Å². The topological polar surface area (TPSA) is 97.0 Å². The average Bonchev–Trinajstić information content (AvgIpc) is 3.12. The Labute approximate surface area is 181 Å². The van der Waals surface area contributed by atoms with Crippen LogP contribution in [0, 0.1) is 5.92 Å². The number of rotatable bonds is 7. The largest absolute Gasteiger partial charge is 0.406 e. The van der Waals surface area contributed by atoms with E-state index in [1.807, 2.05) is 6.07 Å². The lowest BCUT2D eigenvalue weighted by molar-refractivity contribution is -0.139. The third kappa shape index (κ3) is 4.43. The molecule has 2 fully saturated rings. The third-order valence-corrected chi connectivity index (χ3v) is 5.76. The van der Waals surface area contributed by atoms with E-state index >= 15 is 0 Å². The molecule has 11 heteroatoms. The SMILES string of the molecule is O=C(NCc1nc(-c2cc3c(N[C@@H]4CCNC4)cccc3n2CC(F)(F)F)no1)C1CC1. The summed E-state index contributed by atoms with van der Waals surface area (Å²) in [5.74, 6) is 0.156. The van der Waals surface area contributed by atoms with Crippen LogP contribution in [0.2, 0.25) is 0 Å². The lowest BCUT2D eigenvalue weighted by Crippen LogP contribution is -2.24. The van der Waals surface area contributed by atoms with Crippen molar-refractivity contribution in [1.29, 1.82) is 0 Å². The first-order valence-electron chi connectivity index (χ1n) is 10.6. The monoisotopic (exact) mass is 448 g/mol. The molecule has 1 saturated carbocycles. The van der Waals surface area contributed by atoms with E-state index in [-0.39, 0.29) is 41.8 Å². The highest BCUT2D eigenvalue weighted by molar-refractivity contribution is 5.96. The average molecular weight is 448 g/mol. The fourth-order valence-corrected chi connectivity index (χ4v) is 4.03. The normalized spacial score (nSPS) is 18.9. The number of anilines is 1. The Morgan fingerprint density at radius 3 is 2.84 bits per heavy atom. The van der Waals surface area contributed by atoms with E-state index in [4.69, 9.17) is 4.52 Å². The number of aromatic nitrogens is 3. The highest BCUT2D eigenvalue weighted by atomic mass is 19.4. The van der Waals surface area contributed by atoms with Gasteiger partial charge in [-0.3, -0.25) is 4.79 Å². The fraction of sp³-hybridized carbons (Fsp3) is 0.476. The number of benzene rings is 1. The second kappa shape index (κ2) is 8.12. The van der Waals surface area contributed by atoms with Crippen LogP contribution < -0.4 is 16.0 Å². The zero-order chi connectivity index (χ0) is 22.3. The van der Waals surface area contributed by atoms with Crippen LogP contribution in [0.1, 0.15) is 25.2 Å². The second-order valence-electron chi connectivity index (χ2n) is 8.31. The van der Waals surface area contributed by atoms with Crippen molar-refractivity contribution in [3.8, 4) is 11.5 Å². The van der Waals surface area contributed by atoms with Crippen molar-refractivity contribution in [3.63, 3.8) is 0 Å². The van der Waals surface area contributed by atoms with Crippen molar-refractivity contribution >= 4 is 22.5 Å². The number of carbonyl (C=O) groups is 1. The van der Waals surface area contributed by atoms with E-state index in [9.17, 15) is 18.0 Å². The molecule has 0 bridgehead atoms. The molecule has 0 spiro atoms. The third-order valence-electron chi connectivity index (χ3n) is 5.76. The van der Waals surface area contributed by atoms with Crippen molar-refractivity contribution in [2.24, 2.45) is 5.92 Å². The Morgan fingerprint density at radius 1 is 1.28 bits per heavy atom. The highest BCUT2D eigenvalue weighted by Crippen LogP contribution is 2.34. The first-order valence-corrected chi connectivity index (χ1v) is 10.6. The van der Waals surface area contributed by atoms with Gasteiger partial charge >= 0.3 is 6.18 Å². The highest BCUT2D eigenvalue weighted by Gasteiger charge is 2.32. The Morgan fingerprint density at radius 2 is 2.12 bits per heavy atom. The van der Waals surface area contributed by atoms with E-state index in [2.05, 4.69) is 26.1 Å². The minimum atomic E-state index is -4.43. The Hall–Kier alpha value is -3.08. The summed E-state index contributed by atoms with van der Waals surface area (Å²) in [6.45, 7) is 0.566. The van der Waals surface area contributed by atoms with Crippen molar-refractivity contribution in [1.82, 2.24) is 25.3 Å². The van der Waals surface area contributed by atoms with Gasteiger partial charge in [0, 0.05) is 29.6 Å². The summed E-state index contributed by atoms with van der Waals surface area (Å²) in [6, 6.07) is 7.11. The molecule has 3 N–H and O–H groups in total. The number of nitrogens with zero attached hydrogens (tertiary/aromatic N) is 3. The molecule has 3 aromatic rings. The standard InChI is InChI=1S/C21H23F3N6O2/c22-21(23,24)11-30-16-3-1-2-15(27-13-6-7-25-9-13)14(16)8-17(30)19-28-18(32-29-19)10-26-20(31)12-4-5-12/h1-3,8,12-13,25,27H,4-7,9-11H2,(H,26,31)/t13-/m1/s1. The van der Waals surface area contributed by atoms with Crippen molar-refractivity contribution in [2.75, 3.05) is 18.4 Å². The van der Waals surface area contributed by atoms with Gasteiger partial charge in [0.05, 0.1) is 17.8 Å². The molecule has 5 rings (SSSR count). The van der Waals surface area contributed by atoms with Crippen LogP contribution in [0.3, 0.4) is 0 Å². The molecule has 2 aliphatic rings. The number of halogens is 3. The molecule has 2 aromatic heterocycles. The van der Waals surface area contributed by atoms with Gasteiger partial charge in [0.25, 0.3) is 0 Å². The minimum absolute atomic E-state index is 0.0349. The Balaban J connectivity index is 1.48. The van der Waals surface area contributed by atoms with Crippen LogP contribution in [0.25, 0.3) is 22.4 Å². The van der Waals surface area contributed by atoms with Crippen LogP contribution in [-0.4, -0.2) is 45.9 Å². The maximum atomic E-state index is 13.4. The smallest absolute Gasteiger partial charge is 0.380 e. The summed E-state index contributed by atoms with van der Waals surface area (Å²) in [4.78, 5) is 16.1. The summed E-state index contributed by atoms with van der Waals surface area (Å²) < 4.78 is 46.6. The molecule has 1 saturated heterocycles. The summed E-state index contributed by atoms with van der Waals surface area (Å²) in [7, 11) is 0. The Bertz CT molecular complexity index is 1130. The molecule has 1 aliphatic heterocycles. The Kier molecular flexibility index (Phi) is 5.28. The van der Waals surface area contributed by atoms with Gasteiger partial charge in [-0.2, -0.15) is 18.2 Å². The molecule has 3 heterocycles. The first-order chi connectivity index (χ1) is 15.4. The zero-order valence-corrected chi connectivity index (χ0v) is 17.2. The van der Waals surface area contributed by atoms with Crippen molar-refractivity contribution in [3.05, 3.63) is 30.2 Å². The molecule has 1 aliphatic carbocycles. The van der Waals surface area contributed by atoms with Gasteiger partial charge in [-0.25, -0.2) is 0 Å². The quantitative estimate of drug-likeness (QED) is 0.514. The lowest BCUT2D eigenvalue weighted by Gasteiger charge is -2.15. The molecule has 170 valence electrons. The molecule has 0 radical (unpaired) electrons. The number of hydrogen-bond donors (Lipinski definition) is 3. The number of carbonyl (C=O) groups excluding carboxylic acids is 1. The minimum Gasteiger partial charge on any atom is -0.380 e. The van der Waals surface area contributed by atoms with Crippen LogP contribution in [0.5, 0.6) is 0 Å². The summed E-state index contributed by atoms with van der Waals surface area (Å²) >= 11 is 0. The van der Waals surface area contributed by atoms with Gasteiger partial charge in [-0.05, 0) is 44.0 Å². The molecule has 8 nitrogen and oxygen atoms in total. The van der Waals surface area contributed by atoms with Gasteiger partial charge in [-0.15, -0.1) is 0 Å². The summed E-state index contributed by atoms with van der Waals surface area (Å²) in [5, 5.41) is 14.0. The molecule has 0 unspecified atom stereocenters.